The average molecular weight is 365 g/mol. The Morgan fingerprint density at radius 3 is 2.44 bits per heavy atom. The number of hydrogen-bond acceptors (Lipinski definition) is 6. The van der Waals surface area contributed by atoms with Crippen LogP contribution in [0.15, 0.2) is 47.4 Å². The maximum Gasteiger partial charge on any atom is 0.310 e. The fourth-order valence-electron chi connectivity index (χ4n) is 1.96. The maximum atomic E-state index is 11.9. The van der Waals surface area contributed by atoms with Gasteiger partial charge in [-0.15, -0.1) is 0 Å². The summed E-state index contributed by atoms with van der Waals surface area (Å²) in [5.74, 6) is -0.566. The van der Waals surface area contributed by atoms with Crippen LogP contribution < -0.4 is 15.2 Å². The van der Waals surface area contributed by atoms with Gasteiger partial charge in [0.25, 0.3) is 5.91 Å². The molecule has 0 saturated heterocycles. The number of nitro groups is 1. The number of rotatable bonds is 6. The summed E-state index contributed by atoms with van der Waals surface area (Å²) in [6.07, 6.45) is 0. The number of carbonyl (C=O) groups excluding carboxylic acids is 1. The molecule has 0 fully saturated rings. The van der Waals surface area contributed by atoms with Gasteiger partial charge in [-0.05, 0) is 42.8 Å². The highest BCUT2D eigenvalue weighted by molar-refractivity contribution is 7.89. The summed E-state index contributed by atoms with van der Waals surface area (Å²) in [4.78, 5) is 22.1. The van der Waals surface area contributed by atoms with E-state index in [0.29, 0.717) is 5.69 Å². The predicted octanol–water partition coefficient (Wildman–Crippen LogP) is 1.57. The quantitative estimate of drug-likeness (QED) is 0.588. The number of nitrogens with one attached hydrogen (secondary N) is 1. The molecule has 132 valence electrons. The zero-order valence-corrected chi connectivity index (χ0v) is 13.9. The highest BCUT2D eigenvalue weighted by atomic mass is 32.2. The van der Waals surface area contributed by atoms with Crippen LogP contribution in [0, 0.1) is 17.0 Å². The van der Waals surface area contributed by atoms with E-state index in [4.69, 9.17) is 9.88 Å². The number of hydrogen-bond donors (Lipinski definition) is 2. The Labute approximate surface area is 143 Å². The van der Waals surface area contributed by atoms with Crippen LogP contribution in [-0.2, 0) is 14.8 Å². The lowest BCUT2D eigenvalue weighted by atomic mass is 10.2. The lowest BCUT2D eigenvalue weighted by Gasteiger charge is -2.09. The van der Waals surface area contributed by atoms with Crippen LogP contribution in [0.3, 0.4) is 0 Å². The van der Waals surface area contributed by atoms with Crippen LogP contribution >= 0.6 is 0 Å². The molecular weight excluding hydrogens is 350 g/mol. The molecule has 0 aliphatic rings. The van der Waals surface area contributed by atoms with Gasteiger partial charge >= 0.3 is 5.69 Å². The third kappa shape index (κ3) is 4.99. The van der Waals surface area contributed by atoms with Crippen molar-refractivity contribution in [2.45, 2.75) is 11.8 Å². The number of anilines is 1. The van der Waals surface area contributed by atoms with Crippen molar-refractivity contribution in [2.75, 3.05) is 11.9 Å². The molecule has 0 atom stereocenters. The second kappa shape index (κ2) is 7.28. The predicted molar refractivity (Wildman–Crippen MR) is 89.8 cm³/mol. The summed E-state index contributed by atoms with van der Waals surface area (Å²) in [5.41, 5.74) is 0.843. The number of sulfonamides is 1. The van der Waals surface area contributed by atoms with Crippen LogP contribution in [0.2, 0.25) is 0 Å². The molecule has 25 heavy (non-hydrogen) atoms. The van der Waals surface area contributed by atoms with Crippen molar-refractivity contribution in [3.8, 4) is 5.75 Å². The minimum Gasteiger partial charge on any atom is -0.477 e. The van der Waals surface area contributed by atoms with E-state index < -0.39 is 27.5 Å². The summed E-state index contributed by atoms with van der Waals surface area (Å²) in [6.45, 7) is 1.30. The molecule has 2 rings (SSSR count). The number of carbonyl (C=O) groups is 1. The molecule has 1 amide bonds. The summed E-state index contributed by atoms with van der Waals surface area (Å²) in [5, 5.41) is 18.4. The smallest absolute Gasteiger partial charge is 0.310 e. The van der Waals surface area contributed by atoms with Crippen LogP contribution in [-0.4, -0.2) is 25.9 Å². The van der Waals surface area contributed by atoms with Gasteiger partial charge in [0.1, 0.15) is 0 Å². The third-order valence-corrected chi connectivity index (χ3v) is 4.07. The van der Waals surface area contributed by atoms with Crippen molar-refractivity contribution in [1.82, 2.24) is 0 Å². The van der Waals surface area contributed by atoms with E-state index in [9.17, 15) is 23.3 Å². The molecule has 0 aromatic heterocycles. The largest absolute Gasteiger partial charge is 0.477 e. The zero-order valence-electron chi connectivity index (χ0n) is 13.1. The molecule has 0 saturated carbocycles. The standard InChI is InChI=1S/C15H15N3O6S/c1-10-2-7-13(18(20)21)14(8-10)24-9-15(19)17-11-3-5-12(6-4-11)25(16,22)23/h2-8H,9H2,1H3,(H,17,19)(H2,16,22,23). The van der Waals surface area contributed by atoms with Gasteiger partial charge in [-0.2, -0.15) is 0 Å². The SMILES string of the molecule is Cc1ccc([N+](=O)[O-])c(OCC(=O)Nc2ccc(S(N)(=O)=O)cc2)c1. The Morgan fingerprint density at radius 2 is 1.88 bits per heavy atom. The van der Waals surface area contributed by atoms with E-state index in [1.165, 1.54) is 36.4 Å². The second-order valence-electron chi connectivity index (χ2n) is 5.13. The second-order valence-corrected chi connectivity index (χ2v) is 6.70. The number of amides is 1. The fraction of sp³-hybridized carbons (Fsp3) is 0.133. The molecule has 0 bridgehead atoms. The first kappa shape index (κ1) is 18.4. The Bertz CT molecular complexity index is 909. The average Bonchev–Trinajstić information content (AvgIpc) is 2.52. The molecule has 9 nitrogen and oxygen atoms in total. The van der Waals surface area contributed by atoms with Crippen molar-refractivity contribution in [1.29, 1.82) is 0 Å². The van der Waals surface area contributed by atoms with Gasteiger partial charge in [-0.1, -0.05) is 6.07 Å². The Morgan fingerprint density at radius 1 is 1.24 bits per heavy atom. The van der Waals surface area contributed by atoms with Crippen molar-refractivity contribution >= 4 is 27.3 Å². The molecule has 0 spiro atoms. The van der Waals surface area contributed by atoms with Crippen molar-refractivity contribution in [3.05, 3.63) is 58.1 Å². The van der Waals surface area contributed by atoms with Gasteiger partial charge in [-0.3, -0.25) is 14.9 Å². The number of ether oxygens (including phenoxy) is 1. The Hall–Kier alpha value is -2.98. The summed E-state index contributed by atoms with van der Waals surface area (Å²) >= 11 is 0. The van der Waals surface area contributed by atoms with E-state index in [-0.39, 0.29) is 16.3 Å². The minimum atomic E-state index is -3.81. The molecule has 0 aliphatic heterocycles. The number of nitro benzene ring substituents is 1. The minimum absolute atomic E-state index is 0.00952. The van der Waals surface area contributed by atoms with Crippen LogP contribution in [0.25, 0.3) is 0 Å². The summed E-state index contributed by atoms with van der Waals surface area (Å²) < 4.78 is 27.5. The fourth-order valence-corrected chi connectivity index (χ4v) is 2.47. The lowest BCUT2D eigenvalue weighted by molar-refractivity contribution is -0.385. The Kier molecular flexibility index (Phi) is 5.35. The van der Waals surface area contributed by atoms with Gasteiger partial charge in [0.2, 0.25) is 10.0 Å². The normalized spacial score (nSPS) is 11.0. The van der Waals surface area contributed by atoms with E-state index in [1.807, 2.05) is 0 Å². The van der Waals surface area contributed by atoms with Crippen molar-refractivity contribution in [2.24, 2.45) is 5.14 Å². The number of nitrogens with two attached hydrogens (primary N) is 1. The summed E-state index contributed by atoms with van der Waals surface area (Å²) in [7, 11) is -3.81. The third-order valence-electron chi connectivity index (χ3n) is 3.14. The van der Waals surface area contributed by atoms with E-state index in [2.05, 4.69) is 5.32 Å². The monoisotopic (exact) mass is 365 g/mol. The van der Waals surface area contributed by atoms with Crippen molar-refractivity contribution < 1.29 is 22.9 Å². The summed E-state index contributed by atoms with van der Waals surface area (Å²) in [6, 6.07) is 9.56. The van der Waals surface area contributed by atoms with Gasteiger partial charge in [-0.25, -0.2) is 13.6 Å². The molecule has 0 radical (unpaired) electrons. The van der Waals surface area contributed by atoms with Gasteiger partial charge in [0.15, 0.2) is 12.4 Å². The molecule has 3 N–H and O–H groups in total. The number of nitrogens with zero attached hydrogens (tertiary/aromatic N) is 1. The number of benzene rings is 2. The molecule has 0 aliphatic carbocycles. The van der Waals surface area contributed by atoms with Gasteiger partial charge < -0.3 is 10.1 Å². The highest BCUT2D eigenvalue weighted by Crippen LogP contribution is 2.27. The van der Waals surface area contributed by atoms with E-state index >= 15 is 0 Å². The Balaban J connectivity index is 2.02. The highest BCUT2D eigenvalue weighted by Gasteiger charge is 2.16. The maximum absolute atomic E-state index is 11.9. The molecule has 0 heterocycles. The molecule has 10 heteroatoms. The molecule has 0 unspecified atom stereocenters. The van der Waals surface area contributed by atoms with E-state index in [1.54, 1.807) is 13.0 Å². The lowest BCUT2D eigenvalue weighted by Crippen LogP contribution is -2.20. The van der Waals surface area contributed by atoms with Crippen LogP contribution in [0.5, 0.6) is 5.75 Å². The van der Waals surface area contributed by atoms with Crippen LogP contribution in [0.4, 0.5) is 11.4 Å². The van der Waals surface area contributed by atoms with Crippen LogP contribution in [0.1, 0.15) is 5.56 Å². The molecule has 2 aromatic rings. The molecule has 2 aromatic carbocycles. The zero-order chi connectivity index (χ0) is 18.6. The first-order valence-corrected chi connectivity index (χ1v) is 8.52. The van der Waals surface area contributed by atoms with Gasteiger partial charge in [0.05, 0.1) is 9.82 Å². The topological polar surface area (TPSA) is 142 Å². The van der Waals surface area contributed by atoms with E-state index in [0.717, 1.165) is 5.56 Å². The number of primary sulfonamides is 1. The first-order valence-electron chi connectivity index (χ1n) is 6.97. The number of aryl methyl sites for hydroxylation is 1. The molecular formula is C15H15N3O6S. The van der Waals surface area contributed by atoms with Gasteiger partial charge in [0, 0.05) is 11.8 Å². The first-order chi connectivity index (χ1) is 11.7. The van der Waals surface area contributed by atoms with Crippen molar-refractivity contribution in [3.63, 3.8) is 0 Å².